The predicted molar refractivity (Wildman–Crippen MR) is 77.8 cm³/mol. The Morgan fingerprint density at radius 1 is 1.10 bits per heavy atom. The molecular formula is C16H15FO2S. The lowest BCUT2D eigenvalue weighted by Crippen LogP contribution is -2.12. The molecule has 104 valence electrons. The summed E-state index contributed by atoms with van der Waals surface area (Å²) < 4.78 is 25.5. The van der Waals surface area contributed by atoms with Gasteiger partial charge in [-0.05, 0) is 24.1 Å². The number of rotatable bonds is 5. The van der Waals surface area contributed by atoms with Crippen LogP contribution in [0.2, 0.25) is 0 Å². The molecule has 20 heavy (non-hydrogen) atoms. The second kappa shape index (κ2) is 6.57. The van der Waals surface area contributed by atoms with Crippen molar-refractivity contribution in [1.29, 1.82) is 0 Å². The van der Waals surface area contributed by atoms with Crippen LogP contribution in [0.15, 0.2) is 53.4 Å². The van der Waals surface area contributed by atoms with Gasteiger partial charge in [0.05, 0.1) is 21.4 Å². The summed E-state index contributed by atoms with van der Waals surface area (Å²) in [6.45, 7) is 2.03. The van der Waals surface area contributed by atoms with Crippen LogP contribution in [0.5, 0.6) is 0 Å². The molecule has 0 aliphatic heterocycles. The Kier molecular flexibility index (Phi) is 4.79. The van der Waals surface area contributed by atoms with E-state index in [9.17, 15) is 13.4 Å². The van der Waals surface area contributed by atoms with E-state index in [0.29, 0.717) is 5.56 Å². The van der Waals surface area contributed by atoms with E-state index in [2.05, 4.69) is 0 Å². The summed E-state index contributed by atoms with van der Waals surface area (Å²) in [5, 5.41) is 0. The van der Waals surface area contributed by atoms with Crippen molar-refractivity contribution >= 4 is 16.6 Å². The molecule has 0 saturated carbocycles. The fraction of sp³-hybridized carbons (Fsp3) is 0.188. The second-order valence-corrected chi connectivity index (χ2v) is 5.81. The average Bonchev–Trinajstić information content (AvgIpc) is 2.47. The van der Waals surface area contributed by atoms with E-state index in [-0.39, 0.29) is 16.4 Å². The van der Waals surface area contributed by atoms with Crippen molar-refractivity contribution in [3.63, 3.8) is 0 Å². The van der Waals surface area contributed by atoms with Gasteiger partial charge in [-0.2, -0.15) is 0 Å². The van der Waals surface area contributed by atoms with Gasteiger partial charge in [0.25, 0.3) is 0 Å². The van der Waals surface area contributed by atoms with E-state index in [1.807, 2.05) is 19.1 Å². The molecule has 2 aromatic rings. The molecule has 2 nitrogen and oxygen atoms in total. The molecule has 0 N–H and O–H groups in total. The molecule has 0 fully saturated rings. The molecule has 0 aliphatic carbocycles. The summed E-state index contributed by atoms with van der Waals surface area (Å²) in [6.07, 6.45) is 0.898. The quantitative estimate of drug-likeness (QED) is 0.791. The SMILES string of the molecule is CCc1ccc(C(=O)CS(=O)c2ccccc2F)cc1. The topological polar surface area (TPSA) is 34.1 Å². The minimum absolute atomic E-state index is 0.0750. The zero-order chi connectivity index (χ0) is 14.5. The van der Waals surface area contributed by atoms with Gasteiger partial charge in [0.15, 0.2) is 5.78 Å². The summed E-state index contributed by atoms with van der Waals surface area (Å²) in [7, 11) is -1.66. The number of Topliss-reactive ketones (excluding diaryl/α,β-unsaturated/α-hetero) is 1. The van der Waals surface area contributed by atoms with Gasteiger partial charge in [0, 0.05) is 5.56 Å². The summed E-state index contributed by atoms with van der Waals surface area (Å²) in [5.41, 5.74) is 1.64. The highest BCUT2D eigenvalue weighted by Crippen LogP contribution is 2.14. The van der Waals surface area contributed by atoms with Crippen molar-refractivity contribution < 1.29 is 13.4 Å². The molecule has 0 bridgehead atoms. The highest BCUT2D eigenvalue weighted by atomic mass is 32.2. The molecule has 1 unspecified atom stereocenters. The molecule has 2 aromatic carbocycles. The Bertz CT molecular complexity index is 635. The van der Waals surface area contributed by atoms with Crippen LogP contribution >= 0.6 is 0 Å². The molecule has 4 heteroatoms. The number of halogens is 1. The van der Waals surface area contributed by atoms with Crippen molar-refractivity contribution in [1.82, 2.24) is 0 Å². The Morgan fingerprint density at radius 2 is 1.75 bits per heavy atom. The van der Waals surface area contributed by atoms with E-state index in [1.54, 1.807) is 18.2 Å². The lowest BCUT2D eigenvalue weighted by atomic mass is 10.1. The number of carbonyl (C=O) groups is 1. The number of aryl methyl sites for hydroxylation is 1. The minimum atomic E-state index is -1.66. The fourth-order valence-corrected chi connectivity index (χ4v) is 2.91. The smallest absolute Gasteiger partial charge is 0.175 e. The van der Waals surface area contributed by atoms with E-state index in [4.69, 9.17) is 0 Å². The van der Waals surface area contributed by atoms with Crippen molar-refractivity contribution in [2.24, 2.45) is 0 Å². The van der Waals surface area contributed by atoms with Gasteiger partial charge >= 0.3 is 0 Å². The monoisotopic (exact) mass is 290 g/mol. The summed E-state index contributed by atoms with van der Waals surface area (Å²) in [4.78, 5) is 12.1. The van der Waals surface area contributed by atoms with Gasteiger partial charge in [0.2, 0.25) is 0 Å². The molecule has 1 atom stereocenters. The van der Waals surface area contributed by atoms with Crippen LogP contribution in [0.3, 0.4) is 0 Å². The first-order valence-electron chi connectivity index (χ1n) is 6.37. The maximum atomic E-state index is 13.5. The van der Waals surface area contributed by atoms with E-state index in [1.165, 1.54) is 18.2 Å². The second-order valence-electron chi connectivity index (χ2n) is 4.39. The zero-order valence-electron chi connectivity index (χ0n) is 11.1. The summed E-state index contributed by atoms with van der Waals surface area (Å²) in [5.74, 6) is -0.985. The van der Waals surface area contributed by atoms with Crippen LogP contribution in [0.4, 0.5) is 4.39 Å². The van der Waals surface area contributed by atoms with Gasteiger partial charge in [-0.25, -0.2) is 4.39 Å². The summed E-state index contributed by atoms with van der Waals surface area (Å²) in [6, 6.07) is 13.0. The lowest BCUT2D eigenvalue weighted by molar-refractivity contribution is 0.102. The normalized spacial score (nSPS) is 12.1. The third-order valence-electron chi connectivity index (χ3n) is 3.03. The van der Waals surface area contributed by atoms with Gasteiger partial charge in [0.1, 0.15) is 5.82 Å². The van der Waals surface area contributed by atoms with Gasteiger partial charge in [-0.3, -0.25) is 9.00 Å². The van der Waals surface area contributed by atoms with Crippen LogP contribution in [0.25, 0.3) is 0 Å². The third-order valence-corrected chi connectivity index (χ3v) is 4.37. The number of hydrogen-bond acceptors (Lipinski definition) is 2. The van der Waals surface area contributed by atoms with Gasteiger partial charge in [-0.1, -0.05) is 43.3 Å². The van der Waals surface area contributed by atoms with Crippen LogP contribution in [-0.2, 0) is 17.2 Å². The maximum absolute atomic E-state index is 13.5. The van der Waals surface area contributed by atoms with E-state index < -0.39 is 16.6 Å². The van der Waals surface area contributed by atoms with Crippen LogP contribution < -0.4 is 0 Å². The lowest BCUT2D eigenvalue weighted by Gasteiger charge is -2.04. The van der Waals surface area contributed by atoms with Crippen molar-refractivity contribution in [2.75, 3.05) is 5.75 Å². The molecule has 0 radical (unpaired) electrons. The molecular weight excluding hydrogens is 275 g/mol. The van der Waals surface area contributed by atoms with E-state index >= 15 is 0 Å². The third kappa shape index (κ3) is 3.39. The molecule has 0 saturated heterocycles. The van der Waals surface area contributed by atoms with Crippen LogP contribution in [-0.4, -0.2) is 15.7 Å². The van der Waals surface area contributed by atoms with Crippen molar-refractivity contribution in [3.05, 3.63) is 65.5 Å². The zero-order valence-corrected chi connectivity index (χ0v) is 12.0. The first-order valence-corrected chi connectivity index (χ1v) is 7.68. The largest absolute Gasteiger partial charge is 0.293 e. The van der Waals surface area contributed by atoms with Gasteiger partial charge in [-0.15, -0.1) is 0 Å². The molecule has 0 aliphatic rings. The highest BCUT2D eigenvalue weighted by molar-refractivity contribution is 7.85. The molecule has 2 rings (SSSR count). The minimum Gasteiger partial charge on any atom is -0.293 e. The average molecular weight is 290 g/mol. The standard InChI is InChI=1S/C16H15FO2S/c1-2-12-7-9-13(10-8-12)15(18)11-20(19)16-6-4-3-5-14(16)17/h3-10H,2,11H2,1H3. The Labute approximate surface area is 120 Å². The number of hydrogen-bond donors (Lipinski definition) is 0. The van der Waals surface area contributed by atoms with E-state index in [0.717, 1.165) is 12.0 Å². The first kappa shape index (κ1) is 14.6. The Morgan fingerprint density at radius 3 is 2.35 bits per heavy atom. The molecule has 0 heterocycles. The molecule has 0 aromatic heterocycles. The van der Waals surface area contributed by atoms with Gasteiger partial charge < -0.3 is 0 Å². The van der Waals surface area contributed by atoms with Crippen LogP contribution in [0.1, 0.15) is 22.8 Å². The molecule has 0 amide bonds. The predicted octanol–water partition coefficient (Wildman–Crippen LogP) is 3.38. The van der Waals surface area contributed by atoms with Crippen LogP contribution in [0, 0.1) is 5.82 Å². The summed E-state index contributed by atoms with van der Waals surface area (Å²) >= 11 is 0. The van der Waals surface area contributed by atoms with Crippen molar-refractivity contribution in [2.45, 2.75) is 18.2 Å². The Hall–Kier alpha value is -1.81. The molecule has 0 spiro atoms. The number of ketones is 1. The fourth-order valence-electron chi connectivity index (χ4n) is 1.84. The first-order chi connectivity index (χ1) is 9.61. The maximum Gasteiger partial charge on any atom is 0.175 e. The Balaban J connectivity index is 2.11. The van der Waals surface area contributed by atoms with Crippen molar-refractivity contribution in [3.8, 4) is 0 Å². The highest BCUT2D eigenvalue weighted by Gasteiger charge is 2.15. The number of carbonyl (C=O) groups excluding carboxylic acids is 1. The number of benzene rings is 2.